The minimum atomic E-state index is -3.46. The molecule has 0 spiro atoms. The molecule has 0 aliphatic rings. The Morgan fingerprint density at radius 1 is 1.03 bits per heavy atom. The van der Waals surface area contributed by atoms with Crippen molar-refractivity contribution in [2.45, 2.75) is 52.5 Å². The highest BCUT2D eigenvalue weighted by Gasteiger charge is 2.22. The van der Waals surface area contributed by atoms with Gasteiger partial charge in [0.25, 0.3) is 5.91 Å². The average molecular weight is 433 g/mol. The predicted octanol–water partition coefficient (Wildman–Crippen LogP) is 2.91. The van der Waals surface area contributed by atoms with E-state index in [9.17, 15) is 13.2 Å². The van der Waals surface area contributed by atoms with E-state index in [-0.39, 0.29) is 18.5 Å². The van der Waals surface area contributed by atoms with Crippen LogP contribution in [0.3, 0.4) is 0 Å². The Morgan fingerprint density at radius 3 is 2.07 bits per heavy atom. The maximum absolute atomic E-state index is 12.6. The lowest BCUT2D eigenvalue weighted by Crippen LogP contribution is -2.86. The van der Waals surface area contributed by atoms with Crippen molar-refractivity contribution in [3.63, 3.8) is 0 Å². The van der Waals surface area contributed by atoms with Crippen molar-refractivity contribution in [3.05, 3.63) is 58.7 Å². The molecule has 7 heteroatoms. The number of amides is 1. The second-order valence-corrected chi connectivity index (χ2v) is 9.65. The van der Waals surface area contributed by atoms with E-state index in [1.165, 1.54) is 9.87 Å². The Hall–Kier alpha value is -2.22. The minimum absolute atomic E-state index is 0.0289. The van der Waals surface area contributed by atoms with Crippen molar-refractivity contribution in [3.8, 4) is 0 Å². The van der Waals surface area contributed by atoms with Gasteiger partial charge in [0.05, 0.1) is 4.90 Å². The van der Waals surface area contributed by atoms with Gasteiger partial charge >= 0.3 is 0 Å². The molecular formula is C23H34N3O3S+. The number of rotatable bonds is 9. The number of nitrogens with one attached hydrogen (secondary N) is 1. The number of quaternary nitrogens is 1. The first-order chi connectivity index (χ1) is 14.1. The van der Waals surface area contributed by atoms with Crippen LogP contribution in [0.5, 0.6) is 0 Å². The van der Waals surface area contributed by atoms with Crippen molar-refractivity contribution < 1.29 is 18.5 Å². The summed E-state index contributed by atoms with van der Waals surface area (Å²) in [5.74, 6) is -0.0577. The zero-order valence-electron chi connectivity index (χ0n) is 18.8. The molecule has 0 bridgehead atoms. The van der Waals surface area contributed by atoms with Gasteiger partial charge in [-0.1, -0.05) is 43.7 Å². The van der Waals surface area contributed by atoms with Crippen LogP contribution < -0.4 is 10.6 Å². The van der Waals surface area contributed by atoms with Crippen molar-refractivity contribution in [1.29, 1.82) is 0 Å². The van der Waals surface area contributed by atoms with Gasteiger partial charge in [-0.2, -0.15) is 4.31 Å². The molecule has 0 radical (unpaired) electrons. The van der Waals surface area contributed by atoms with Gasteiger partial charge in [0, 0.05) is 24.3 Å². The number of nitrogens with two attached hydrogens (primary N) is 1. The molecule has 2 aromatic carbocycles. The van der Waals surface area contributed by atoms with Crippen LogP contribution in [0.1, 0.15) is 49.1 Å². The first kappa shape index (κ1) is 24.1. The van der Waals surface area contributed by atoms with Crippen LogP contribution in [0.2, 0.25) is 0 Å². The predicted molar refractivity (Wildman–Crippen MR) is 121 cm³/mol. The number of carbonyl (C=O) groups excluding carboxylic acids is 1. The fourth-order valence-corrected chi connectivity index (χ4v) is 5.10. The van der Waals surface area contributed by atoms with Gasteiger partial charge in [-0.05, 0) is 51.0 Å². The van der Waals surface area contributed by atoms with Crippen LogP contribution in [-0.4, -0.2) is 38.3 Å². The van der Waals surface area contributed by atoms with E-state index in [2.05, 4.69) is 17.4 Å². The number of carbonyl (C=O) groups is 1. The largest absolute Gasteiger partial charge is 0.333 e. The zero-order chi connectivity index (χ0) is 22.5. The van der Waals surface area contributed by atoms with Gasteiger partial charge in [0.1, 0.15) is 6.04 Å². The molecule has 3 N–H and O–H groups in total. The fourth-order valence-electron chi connectivity index (χ4n) is 3.64. The molecular weight excluding hydrogens is 398 g/mol. The van der Waals surface area contributed by atoms with Gasteiger partial charge in [-0.15, -0.1) is 0 Å². The molecule has 0 aromatic heterocycles. The summed E-state index contributed by atoms with van der Waals surface area (Å²) in [6.07, 6.45) is 0. The molecule has 0 unspecified atom stereocenters. The lowest BCUT2D eigenvalue weighted by Gasteiger charge is -2.19. The summed E-state index contributed by atoms with van der Waals surface area (Å²) >= 11 is 0. The highest BCUT2D eigenvalue weighted by atomic mass is 32.2. The highest BCUT2D eigenvalue weighted by Crippen LogP contribution is 2.22. The summed E-state index contributed by atoms with van der Waals surface area (Å²) in [5.41, 5.74) is 5.13. The maximum atomic E-state index is 12.6. The number of aryl methyl sites for hydroxylation is 3. The lowest BCUT2D eigenvalue weighted by molar-refractivity contribution is -0.682. The third kappa shape index (κ3) is 5.68. The van der Waals surface area contributed by atoms with E-state index in [1.54, 1.807) is 12.1 Å². The van der Waals surface area contributed by atoms with E-state index in [0.29, 0.717) is 18.0 Å². The molecule has 0 saturated carbocycles. The van der Waals surface area contributed by atoms with Crippen LogP contribution in [0, 0.1) is 20.8 Å². The Morgan fingerprint density at radius 2 is 1.57 bits per heavy atom. The Labute approximate surface area is 180 Å². The molecule has 0 fully saturated rings. The summed E-state index contributed by atoms with van der Waals surface area (Å²) in [4.78, 5) is 12.7. The molecule has 1 amide bonds. The van der Waals surface area contributed by atoms with Crippen LogP contribution in [0.25, 0.3) is 0 Å². The monoisotopic (exact) mass is 432 g/mol. The van der Waals surface area contributed by atoms with E-state index >= 15 is 0 Å². The standard InChI is InChI=1S/C23H33N3O3S/c1-7-26(8-2)30(28,29)21-11-9-20(10-12-21)19(6)24-15-22(27)25-23-17(4)13-16(3)14-18(23)5/h9-14,19,24H,7-8,15H2,1-6H3,(H,25,27)/p+1/t19-/m1/s1. The summed E-state index contributed by atoms with van der Waals surface area (Å²) < 4.78 is 26.7. The lowest BCUT2D eigenvalue weighted by atomic mass is 10.1. The van der Waals surface area contributed by atoms with Crippen molar-refractivity contribution in [1.82, 2.24) is 4.31 Å². The van der Waals surface area contributed by atoms with Gasteiger partial charge in [-0.25, -0.2) is 8.42 Å². The van der Waals surface area contributed by atoms with Crippen LogP contribution in [0.4, 0.5) is 5.69 Å². The van der Waals surface area contributed by atoms with Gasteiger partial charge < -0.3 is 10.6 Å². The van der Waals surface area contributed by atoms with Crippen molar-refractivity contribution in [2.75, 3.05) is 25.0 Å². The number of hydrogen-bond donors (Lipinski definition) is 2. The van der Waals surface area contributed by atoms with Crippen molar-refractivity contribution in [2.24, 2.45) is 0 Å². The number of hydrogen-bond acceptors (Lipinski definition) is 3. The van der Waals surface area contributed by atoms with Crippen LogP contribution >= 0.6 is 0 Å². The van der Waals surface area contributed by atoms with E-state index in [1.807, 2.05) is 59.0 Å². The summed E-state index contributed by atoms with van der Waals surface area (Å²) in [6, 6.07) is 11.1. The second-order valence-electron chi connectivity index (χ2n) is 7.71. The Balaban J connectivity index is 2.00. The normalized spacial score (nSPS) is 12.8. The first-order valence-corrected chi connectivity index (χ1v) is 11.8. The SMILES string of the molecule is CCN(CC)S(=O)(=O)c1ccc([C@@H](C)[NH2+]CC(=O)Nc2c(C)cc(C)cc2C)cc1. The molecule has 0 aliphatic carbocycles. The molecule has 6 nitrogen and oxygen atoms in total. The molecule has 0 aliphatic heterocycles. The molecule has 30 heavy (non-hydrogen) atoms. The quantitative estimate of drug-likeness (QED) is 0.639. The number of nitrogens with zero attached hydrogens (tertiary/aromatic N) is 1. The zero-order valence-corrected chi connectivity index (χ0v) is 19.6. The fraction of sp³-hybridized carbons (Fsp3) is 0.435. The third-order valence-corrected chi connectivity index (χ3v) is 7.41. The van der Waals surface area contributed by atoms with Crippen LogP contribution in [0.15, 0.2) is 41.3 Å². The van der Waals surface area contributed by atoms with E-state index in [0.717, 1.165) is 22.4 Å². The summed E-state index contributed by atoms with van der Waals surface area (Å²) in [6.45, 7) is 12.9. The van der Waals surface area contributed by atoms with Crippen LogP contribution in [-0.2, 0) is 14.8 Å². The van der Waals surface area contributed by atoms with Gasteiger partial charge in [0.15, 0.2) is 6.54 Å². The van der Waals surface area contributed by atoms with E-state index < -0.39 is 10.0 Å². The second kappa shape index (κ2) is 10.2. The van der Waals surface area contributed by atoms with E-state index in [4.69, 9.17) is 0 Å². The summed E-state index contributed by atoms with van der Waals surface area (Å²) in [5, 5.41) is 4.96. The third-order valence-electron chi connectivity index (χ3n) is 5.35. The Kier molecular flexibility index (Phi) is 8.18. The minimum Gasteiger partial charge on any atom is -0.333 e. The molecule has 2 aromatic rings. The smallest absolute Gasteiger partial charge is 0.279 e. The number of benzene rings is 2. The van der Waals surface area contributed by atoms with Gasteiger partial charge in [-0.3, -0.25) is 4.79 Å². The Bertz CT molecular complexity index is 958. The topological polar surface area (TPSA) is 83.1 Å². The number of sulfonamides is 1. The van der Waals surface area contributed by atoms with Gasteiger partial charge in [0.2, 0.25) is 10.0 Å². The highest BCUT2D eigenvalue weighted by molar-refractivity contribution is 7.89. The first-order valence-electron chi connectivity index (χ1n) is 10.4. The average Bonchev–Trinajstić information content (AvgIpc) is 2.69. The molecule has 2 rings (SSSR count). The molecule has 0 heterocycles. The molecule has 1 atom stereocenters. The molecule has 0 saturated heterocycles. The van der Waals surface area contributed by atoms with Crippen molar-refractivity contribution >= 4 is 21.6 Å². The molecule has 164 valence electrons. The summed E-state index contributed by atoms with van der Waals surface area (Å²) in [7, 11) is -3.46. The maximum Gasteiger partial charge on any atom is 0.279 e. The number of anilines is 1.